The van der Waals surface area contributed by atoms with Gasteiger partial charge < -0.3 is 48.8 Å². The van der Waals surface area contributed by atoms with Gasteiger partial charge in [0, 0.05) is 26.2 Å². The molecule has 0 spiro atoms. The first kappa shape index (κ1) is 30.3. The second-order valence-electron chi connectivity index (χ2n) is 10.6. The number of hydrogen-bond donors (Lipinski definition) is 4. The maximum Gasteiger partial charge on any atom is 0.309 e. The summed E-state index contributed by atoms with van der Waals surface area (Å²) in [5.74, 6) is -3.14. The van der Waals surface area contributed by atoms with Crippen LogP contribution in [0.3, 0.4) is 0 Å². The van der Waals surface area contributed by atoms with E-state index >= 15 is 0 Å². The van der Waals surface area contributed by atoms with Crippen molar-refractivity contribution in [2.75, 3.05) is 13.2 Å². The van der Waals surface area contributed by atoms with E-state index in [9.17, 15) is 34.8 Å². The molecule has 0 amide bonds. The Labute approximate surface area is 220 Å². The Hall–Kier alpha value is -2.29. The third-order valence-corrected chi connectivity index (χ3v) is 7.02. The van der Waals surface area contributed by atoms with Crippen molar-refractivity contribution in [2.45, 2.75) is 96.2 Å². The molecule has 0 bridgehead atoms. The molecule has 3 aliphatic rings. The maximum atomic E-state index is 12.4. The number of rotatable bonds is 9. The van der Waals surface area contributed by atoms with Crippen LogP contribution >= 0.6 is 0 Å². The third kappa shape index (κ3) is 6.64. The van der Waals surface area contributed by atoms with Crippen LogP contribution in [0.5, 0.6) is 0 Å². The lowest BCUT2D eigenvalue weighted by Gasteiger charge is -2.42. The van der Waals surface area contributed by atoms with Crippen LogP contribution in [0.25, 0.3) is 0 Å². The van der Waals surface area contributed by atoms with E-state index in [1.165, 1.54) is 20.1 Å². The highest BCUT2D eigenvalue weighted by Crippen LogP contribution is 2.50. The van der Waals surface area contributed by atoms with Crippen molar-refractivity contribution in [2.24, 2.45) is 17.8 Å². The second-order valence-corrected chi connectivity index (χ2v) is 10.6. The molecule has 1 aliphatic carbocycles. The molecule has 4 N–H and O–H groups in total. The second kappa shape index (κ2) is 12.3. The Bertz CT molecular complexity index is 900. The fourth-order valence-electron chi connectivity index (χ4n) is 5.22. The van der Waals surface area contributed by atoms with Crippen molar-refractivity contribution in [3.05, 3.63) is 11.8 Å². The van der Waals surface area contributed by atoms with Gasteiger partial charge in [0.15, 0.2) is 12.4 Å². The molecule has 0 aromatic heterocycles. The van der Waals surface area contributed by atoms with Gasteiger partial charge in [0.25, 0.3) is 0 Å². The quantitative estimate of drug-likeness (QED) is 0.215. The monoisotopic (exact) mass is 546 g/mol. The summed E-state index contributed by atoms with van der Waals surface area (Å²) in [7, 11) is 0. The largest absolute Gasteiger partial charge is 0.462 e. The molecule has 2 fully saturated rings. The lowest BCUT2D eigenvalue weighted by atomic mass is 9.81. The molecule has 2 aliphatic heterocycles. The first-order chi connectivity index (χ1) is 17.8. The number of ether oxygens (including phenoxy) is 6. The number of hydrogen-bond acceptors (Lipinski definition) is 13. The van der Waals surface area contributed by atoms with Gasteiger partial charge in [0.1, 0.15) is 30.0 Å². The Kier molecular flexibility index (Phi) is 9.76. The molecule has 13 heteroatoms. The number of aliphatic hydroxyl groups excluding tert-OH is 3. The molecule has 2 heterocycles. The van der Waals surface area contributed by atoms with E-state index in [-0.39, 0.29) is 25.4 Å². The SMILES string of the molecule is CC(=O)OC1C(OCC2=COC(OC(=O)CC(C)C)C3C2CC(OC(C)=O)C3(C)O)OC(CO)C(O)C1O. The van der Waals surface area contributed by atoms with Crippen molar-refractivity contribution < 1.29 is 63.2 Å². The first-order valence-electron chi connectivity index (χ1n) is 12.6. The van der Waals surface area contributed by atoms with Crippen LogP contribution in [-0.2, 0) is 42.8 Å². The standard InChI is InChI=1S/C25H38O13/c1-11(2)6-18(29)38-23-19-15(7-17(25(19,5)32)35-12(3)27)14(9-33-23)10-34-24-22(36-13(4)28)21(31)20(30)16(8-26)37-24/h9,11,15-17,19-24,26,30-32H,6-8,10H2,1-5H3. The van der Waals surface area contributed by atoms with Gasteiger partial charge in [-0.05, 0) is 24.8 Å². The lowest BCUT2D eigenvalue weighted by molar-refractivity contribution is -0.302. The summed E-state index contributed by atoms with van der Waals surface area (Å²) in [6, 6.07) is 0. The van der Waals surface area contributed by atoms with Gasteiger partial charge in [-0.15, -0.1) is 0 Å². The van der Waals surface area contributed by atoms with Crippen molar-refractivity contribution in [3.63, 3.8) is 0 Å². The minimum Gasteiger partial charge on any atom is -0.462 e. The molecule has 0 radical (unpaired) electrons. The van der Waals surface area contributed by atoms with Gasteiger partial charge in [-0.1, -0.05) is 13.8 Å². The predicted octanol–water partition coefficient (Wildman–Crippen LogP) is -0.478. The Morgan fingerprint density at radius 3 is 2.32 bits per heavy atom. The fraction of sp³-hybridized carbons (Fsp3) is 0.800. The van der Waals surface area contributed by atoms with Crippen LogP contribution in [0.1, 0.15) is 47.5 Å². The molecule has 3 rings (SSSR count). The molecule has 1 saturated heterocycles. The van der Waals surface area contributed by atoms with Crippen LogP contribution in [0.15, 0.2) is 11.8 Å². The van der Waals surface area contributed by atoms with Crippen molar-refractivity contribution in [3.8, 4) is 0 Å². The molecule has 10 atom stereocenters. The first-order valence-corrected chi connectivity index (χ1v) is 12.6. The summed E-state index contributed by atoms with van der Waals surface area (Å²) in [4.78, 5) is 35.7. The number of aliphatic hydroxyl groups is 4. The van der Waals surface area contributed by atoms with Crippen LogP contribution in [0, 0.1) is 17.8 Å². The van der Waals surface area contributed by atoms with E-state index in [1.807, 2.05) is 13.8 Å². The molecular weight excluding hydrogens is 508 g/mol. The van der Waals surface area contributed by atoms with Gasteiger partial charge in [-0.25, -0.2) is 0 Å². The third-order valence-electron chi connectivity index (χ3n) is 7.02. The van der Waals surface area contributed by atoms with Crippen LogP contribution in [0.4, 0.5) is 0 Å². The summed E-state index contributed by atoms with van der Waals surface area (Å²) in [5, 5.41) is 41.5. The van der Waals surface area contributed by atoms with E-state index in [0.29, 0.717) is 5.57 Å². The van der Waals surface area contributed by atoms with Crippen LogP contribution < -0.4 is 0 Å². The highest BCUT2D eigenvalue weighted by atomic mass is 16.7. The summed E-state index contributed by atoms with van der Waals surface area (Å²) < 4.78 is 33.1. The van der Waals surface area contributed by atoms with Gasteiger partial charge in [0.05, 0.1) is 25.4 Å². The molecular formula is C25H38O13. The number of esters is 3. The van der Waals surface area contributed by atoms with Gasteiger partial charge in [-0.3, -0.25) is 14.4 Å². The number of carbonyl (C=O) groups excluding carboxylic acids is 3. The van der Waals surface area contributed by atoms with E-state index in [2.05, 4.69) is 0 Å². The maximum absolute atomic E-state index is 12.4. The van der Waals surface area contributed by atoms with E-state index < -0.39 is 85.1 Å². The molecule has 38 heavy (non-hydrogen) atoms. The smallest absolute Gasteiger partial charge is 0.309 e. The van der Waals surface area contributed by atoms with E-state index in [4.69, 9.17) is 28.4 Å². The highest BCUT2D eigenvalue weighted by Gasteiger charge is 2.60. The zero-order chi connectivity index (χ0) is 28.4. The Morgan fingerprint density at radius 2 is 1.74 bits per heavy atom. The number of carbonyl (C=O) groups is 3. The fourth-order valence-corrected chi connectivity index (χ4v) is 5.22. The minimum absolute atomic E-state index is 0.0385. The van der Waals surface area contributed by atoms with Crippen molar-refractivity contribution >= 4 is 17.9 Å². The summed E-state index contributed by atoms with van der Waals surface area (Å²) in [6.07, 6.45) is -7.50. The highest BCUT2D eigenvalue weighted by molar-refractivity contribution is 5.69. The minimum atomic E-state index is -1.62. The van der Waals surface area contributed by atoms with Crippen LogP contribution in [0.2, 0.25) is 0 Å². The molecule has 1 saturated carbocycles. The van der Waals surface area contributed by atoms with Gasteiger partial charge in [-0.2, -0.15) is 0 Å². The van der Waals surface area contributed by atoms with Gasteiger partial charge >= 0.3 is 17.9 Å². The van der Waals surface area contributed by atoms with Crippen molar-refractivity contribution in [1.82, 2.24) is 0 Å². The summed E-state index contributed by atoms with van der Waals surface area (Å²) >= 11 is 0. The average molecular weight is 547 g/mol. The zero-order valence-corrected chi connectivity index (χ0v) is 22.1. The van der Waals surface area contributed by atoms with E-state index in [0.717, 1.165) is 6.92 Å². The topological polar surface area (TPSA) is 188 Å². The van der Waals surface area contributed by atoms with E-state index in [1.54, 1.807) is 0 Å². The molecule has 216 valence electrons. The molecule has 13 nitrogen and oxygen atoms in total. The zero-order valence-electron chi connectivity index (χ0n) is 22.1. The normalized spacial score (nSPS) is 38.6. The summed E-state index contributed by atoms with van der Waals surface area (Å²) in [5.41, 5.74) is -1.13. The Balaban J connectivity index is 1.83. The van der Waals surface area contributed by atoms with Crippen molar-refractivity contribution in [1.29, 1.82) is 0 Å². The molecule has 0 aromatic rings. The predicted molar refractivity (Wildman–Crippen MR) is 126 cm³/mol. The molecule has 10 unspecified atom stereocenters. The summed E-state index contributed by atoms with van der Waals surface area (Å²) in [6.45, 7) is 6.70. The number of fused-ring (bicyclic) bond motifs is 1. The lowest BCUT2D eigenvalue weighted by Crippen LogP contribution is -2.60. The van der Waals surface area contributed by atoms with Gasteiger partial charge in [0.2, 0.25) is 6.29 Å². The Morgan fingerprint density at radius 1 is 1.08 bits per heavy atom. The van der Waals surface area contributed by atoms with Crippen LogP contribution in [-0.4, -0.2) is 100 Å². The average Bonchev–Trinajstić information content (AvgIpc) is 3.06. The molecule has 0 aromatic carbocycles.